The van der Waals surface area contributed by atoms with Crippen LogP contribution < -0.4 is 14.8 Å². The van der Waals surface area contributed by atoms with E-state index in [1.807, 2.05) is 37.3 Å². The largest absolute Gasteiger partial charge is 0.493 e. The molecule has 3 rings (SSSR count). The molecule has 0 aromatic heterocycles. The van der Waals surface area contributed by atoms with Gasteiger partial charge in [0.15, 0.2) is 11.5 Å². The Balaban J connectivity index is 1.83. The summed E-state index contributed by atoms with van der Waals surface area (Å²) in [5.41, 5.74) is 3.14. The van der Waals surface area contributed by atoms with Gasteiger partial charge < -0.3 is 14.8 Å². The highest BCUT2D eigenvalue weighted by molar-refractivity contribution is 9.10. The number of hydrogen-bond donors (Lipinski definition) is 1. The lowest BCUT2D eigenvalue weighted by atomic mass is 10.1. The maximum atomic E-state index is 12.6. The van der Waals surface area contributed by atoms with Gasteiger partial charge in [-0.2, -0.15) is 5.26 Å². The molecule has 0 spiro atoms. The van der Waals surface area contributed by atoms with Crippen molar-refractivity contribution in [2.75, 3.05) is 12.4 Å². The first-order valence-corrected chi connectivity index (χ1v) is 10.8. The van der Waals surface area contributed by atoms with E-state index in [1.165, 1.54) is 13.2 Å². The molecular formula is C25H20BrClN2O3. The summed E-state index contributed by atoms with van der Waals surface area (Å²) >= 11 is 9.59. The summed E-state index contributed by atoms with van der Waals surface area (Å²) in [6.07, 6.45) is 1.48. The number of hydrogen-bond acceptors (Lipinski definition) is 4. The Morgan fingerprint density at radius 1 is 1.19 bits per heavy atom. The summed E-state index contributed by atoms with van der Waals surface area (Å²) in [6, 6.07) is 20.3. The van der Waals surface area contributed by atoms with E-state index in [0.29, 0.717) is 38.9 Å². The number of nitriles is 1. The monoisotopic (exact) mass is 510 g/mol. The zero-order valence-corrected chi connectivity index (χ0v) is 19.8. The van der Waals surface area contributed by atoms with E-state index < -0.39 is 5.91 Å². The maximum absolute atomic E-state index is 12.6. The third-order valence-corrected chi connectivity index (χ3v) is 5.43. The second kappa shape index (κ2) is 10.9. The number of methoxy groups -OCH3 is 1. The standard InChI is InChI=1S/C25H20BrClN2O3/c1-16-6-5-7-17(10-16)15-32-24-20(26)12-18(13-23(24)31-2)11-19(14-28)25(30)29-22-9-4-3-8-21(22)27/h3-13H,15H2,1-2H3,(H,29,30)/b19-11+. The van der Waals surface area contributed by atoms with Crippen LogP contribution in [0.2, 0.25) is 5.02 Å². The van der Waals surface area contributed by atoms with Crippen LogP contribution in [0.4, 0.5) is 5.69 Å². The molecule has 7 heteroatoms. The molecule has 0 bridgehead atoms. The number of ether oxygens (including phenoxy) is 2. The van der Waals surface area contributed by atoms with Crippen molar-refractivity contribution >= 4 is 45.2 Å². The minimum absolute atomic E-state index is 0.0766. The molecule has 0 radical (unpaired) electrons. The molecule has 32 heavy (non-hydrogen) atoms. The Morgan fingerprint density at radius 3 is 2.66 bits per heavy atom. The molecule has 0 aliphatic heterocycles. The first-order valence-electron chi connectivity index (χ1n) is 9.65. The minimum atomic E-state index is -0.560. The lowest BCUT2D eigenvalue weighted by Crippen LogP contribution is -2.13. The van der Waals surface area contributed by atoms with Crippen molar-refractivity contribution in [3.8, 4) is 17.6 Å². The summed E-state index contributed by atoms with van der Waals surface area (Å²) in [5.74, 6) is 0.447. The molecule has 0 heterocycles. The van der Waals surface area contributed by atoms with E-state index >= 15 is 0 Å². The predicted octanol–water partition coefficient (Wildman–Crippen LogP) is 6.54. The number of aryl methyl sites for hydroxylation is 1. The number of rotatable bonds is 7. The maximum Gasteiger partial charge on any atom is 0.266 e. The lowest BCUT2D eigenvalue weighted by molar-refractivity contribution is -0.112. The minimum Gasteiger partial charge on any atom is -0.493 e. The topological polar surface area (TPSA) is 71.3 Å². The molecule has 0 saturated carbocycles. The average molecular weight is 512 g/mol. The summed E-state index contributed by atoms with van der Waals surface area (Å²) in [5, 5.41) is 12.5. The molecule has 3 aromatic rings. The lowest BCUT2D eigenvalue weighted by Gasteiger charge is -2.14. The van der Waals surface area contributed by atoms with Crippen LogP contribution in [0.3, 0.4) is 0 Å². The van der Waals surface area contributed by atoms with Crippen LogP contribution in [-0.2, 0) is 11.4 Å². The highest BCUT2D eigenvalue weighted by atomic mass is 79.9. The Bertz CT molecular complexity index is 1220. The number of carbonyl (C=O) groups is 1. The van der Waals surface area contributed by atoms with Gasteiger partial charge in [-0.25, -0.2) is 0 Å². The number of benzene rings is 3. The van der Waals surface area contributed by atoms with Crippen LogP contribution >= 0.6 is 27.5 Å². The summed E-state index contributed by atoms with van der Waals surface area (Å²) in [6.45, 7) is 2.39. The molecule has 0 saturated heterocycles. The molecule has 1 amide bonds. The van der Waals surface area contributed by atoms with Crippen molar-refractivity contribution < 1.29 is 14.3 Å². The Morgan fingerprint density at radius 2 is 1.97 bits per heavy atom. The molecular weight excluding hydrogens is 492 g/mol. The average Bonchev–Trinajstić information content (AvgIpc) is 2.77. The number of para-hydroxylation sites is 1. The van der Waals surface area contributed by atoms with E-state index in [-0.39, 0.29) is 5.57 Å². The number of nitrogens with zero attached hydrogens (tertiary/aromatic N) is 1. The highest BCUT2D eigenvalue weighted by Gasteiger charge is 2.15. The fourth-order valence-corrected chi connectivity index (χ4v) is 3.75. The predicted molar refractivity (Wildman–Crippen MR) is 130 cm³/mol. The molecule has 0 atom stereocenters. The van der Waals surface area contributed by atoms with Gasteiger partial charge in [-0.3, -0.25) is 4.79 Å². The zero-order valence-electron chi connectivity index (χ0n) is 17.5. The second-order valence-electron chi connectivity index (χ2n) is 6.92. The van der Waals surface area contributed by atoms with Crippen LogP contribution in [0, 0.1) is 18.3 Å². The van der Waals surface area contributed by atoms with Crippen molar-refractivity contribution in [2.24, 2.45) is 0 Å². The van der Waals surface area contributed by atoms with Gasteiger partial charge in [-0.05, 0) is 64.3 Å². The SMILES string of the molecule is COc1cc(/C=C(\C#N)C(=O)Nc2ccccc2Cl)cc(Br)c1OCc1cccc(C)c1. The van der Waals surface area contributed by atoms with Gasteiger partial charge in [0.25, 0.3) is 5.91 Å². The quantitative estimate of drug-likeness (QED) is 0.289. The number of nitrogens with one attached hydrogen (secondary N) is 1. The van der Waals surface area contributed by atoms with E-state index in [0.717, 1.165) is 11.1 Å². The fraction of sp³-hybridized carbons (Fsp3) is 0.120. The Kier molecular flexibility index (Phi) is 7.93. The van der Waals surface area contributed by atoms with E-state index in [2.05, 4.69) is 21.2 Å². The van der Waals surface area contributed by atoms with Gasteiger partial charge in [0.05, 0.1) is 22.3 Å². The number of halogens is 2. The van der Waals surface area contributed by atoms with E-state index in [4.69, 9.17) is 21.1 Å². The molecule has 0 aliphatic rings. The van der Waals surface area contributed by atoms with Crippen LogP contribution in [0.5, 0.6) is 11.5 Å². The third-order valence-electron chi connectivity index (χ3n) is 4.52. The van der Waals surface area contributed by atoms with Crippen molar-refractivity contribution in [1.82, 2.24) is 0 Å². The molecule has 5 nitrogen and oxygen atoms in total. The van der Waals surface area contributed by atoms with Crippen molar-refractivity contribution in [1.29, 1.82) is 5.26 Å². The number of anilines is 1. The Labute approximate surface area is 200 Å². The van der Waals surface area contributed by atoms with Crippen molar-refractivity contribution in [2.45, 2.75) is 13.5 Å². The van der Waals surface area contributed by atoms with Crippen LogP contribution in [0.15, 0.2) is 70.7 Å². The van der Waals surface area contributed by atoms with E-state index in [9.17, 15) is 10.1 Å². The fourth-order valence-electron chi connectivity index (χ4n) is 2.99. The summed E-state index contributed by atoms with van der Waals surface area (Å²) < 4.78 is 12.1. The third kappa shape index (κ3) is 5.91. The van der Waals surface area contributed by atoms with Crippen molar-refractivity contribution in [3.05, 3.63) is 92.4 Å². The zero-order chi connectivity index (χ0) is 23.1. The summed E-state index contributed by atoms with van der Waals surface area (Å²) in [4.78, 5) is 12.6. The first-order chi connectivity index (χ1) is 15.4. The van der Waals surface area contributed by atoms with Gasteiger partial charge >= 0.3 is 0 Å². The normalized spacial score (nSPS) is 10.9. The first kappa shape index (κ1) is 23.4. The van der Waals surface area contributed by atoms with Crippen LogP contribution in [0.25, 0.3) is 6.08 Å². The molecule has 1 N–H and O–H groups in total. The van der Waals surface area contributed by atoms with Gasteiger partial charge in [0, 0.05) is 0 Å². The smallest absolute Gasteiger partial charge is 0.266 e. The second-order valence-corrected chi connectivity index (χ2v) is 8.18. The molecule has 0 fully saturated rings. The van der Waals surface area contributed by atoms with Crippen LogP contribution in [0.1, 0.15) is 16.7 Å². The van der Waals surface area contributed by atoms with Gasteiger partial charge in [-0.1, -0.05) is 53.6 Å². The van der Waals surface area contributed by atoms with Crippen LogP contribution in [-0.4, -0.2) is 13.0 Å². The molecule has 0 aliphatic carbocycles. The molecule has 0 unspecified atom stereocenters. The van der Waals surface area contributed by atoms with E-state index in [1.54, 1.807) is 36.4 Å². The highest BCUT2D eigenvalue weighted by Crippen LogP contribution is 2.38. The van der Waals surface area contributed by atoms with Gasteiger partial charge in [-0.15, -0.1) is 0 Å². The Hall–Kier alpha value is -3.27. The van der Waals surface area contributed by atoms with Gasteiger partial charge in [0.2, 0.25) is 0 Å². The number of amides is 1. The van der Waals surface area contributed by atoms with Crippen molar-refractivity contribution in [3.63, 3.8) is 0 Å². The molecule has 3 aromatic carbocycles. The van der Waals surface area contributed by atoms with Gasteiger partial charge in [0.1, 0.15) is 18.2 Å². The number of carbonyl (C=O) groups excluding carboxylic acids is 1. The summed E-state index contributed by atoms with van der Waals surface area (Å²) in [7, 11) is 1.53. The molecule has 162 valence electrons.